The highest BCUT2D eigenvalue weighted by Gasteiger charge is 2.15. The molecule has 1 aromatic rings. The molecule has 1 aliphatic rings. The normalized spacial score (nSPS) is 15.1. The van der Waals surface area contributed by atoms with E-state index in [1.54, 1.807) is 6.07 Å². The number of nitro groups is 1. The highest BCUT2D eigenvalue weighted by Crippen LogP contribution is 2.22. The number of nitro benzene ring substituents is 1. The van der Waals surface area contributed by atoms with Gasteiger partial charge in [-0.1, -0.05) is 0 Å². The Hall–Kier alpha value is -2.11. The molecule has 0 spiro atoms. The lowest BCUT2D eigenvalue weighted by molar-refractivity contribution is -0.383. The van der Waals surface area contributed by atoms with Crippen molar-refractivity contribution < 1.29 is 4.92 Å². The van der Waals surface area contributed by atoms with Crippen LogP contribution in [0.1, 0.15) is 12.0 Å². The number of hydrogen-bond donors (Lipinski definition) is 2. The van der Waals surface area contributed by atoms with E-state index in [4.69, 9.17) is 5.73 Å². The third-order valence-electron chi connectivity index (χ3n) is 2.40. The molecule has 0 aromatic heterocycles. The summed E-state index contributed by atoms with van der Waals surface area (Å²) in [5, 5.41) is 13.8. The first-order valence-corrected chi connectivity index (χ1v) is 5.01. The molecule has 0 radical (unpaired) electrons. The van der Waals surface area contributed by atoms with E-state index in [9.17, 15) is 10.1 Å². The van der Waals surface area contributed by atoms with Gasteiger partial charge in [-0.3, -0.25) is 15.1 Å². The molecule has 0 saturated heterocycles. The molecule has 0 bridgehead atoms. The first kappa shape index (κ1) is 10.4. The maximum absolute atomic E-state index is 10.7. The van der Waals surface area contributed by atoms with Crippen LogP contribution in [0.2, 0.25) is 0 Å². The van der Waals surface area contributed by atoms with Gasteiger partial charge in [0.15, 0.2) is 0 Å². The highest BCUT2D eigenvalue weighted by molar-refractivity contribution is 6.00. The van der Waals surface area contributed by atoms with Gasteiger partial charge in [0.1, 0.15) is 11.5 Å². The number of nitrogen functional groups attached to an aromatic ring is 1. The standard InChI is InChI=1S/C10H12N4O2/c11-8-3-2-7(6-9(8)14(15)16)10-12-4-1-5-13-10/h2-3,6H,1,4-5,11H2,(H,12,13). The maximum Gasteiger partial charge on any atom is 0.292 e. The zero-order valence-corrected chi connectivity index (χ0v) is 8.64. The average Bonchev–Trinajstić information content (AvgIpc) is 2.30. The van der Waals surface area contributed by atoms with Crippen LogP contribution in [-0.4, -0.2) is 23.8 Å². The van der Waals surface area contributed by atoms with Crippen molar-refractivity contribution in [1.29, 1.82) is 0 Å². The van der Waals surface area contributed by atoms with Crippen molar-refractivity contribution in [3.8, 4) is 0 Å². The largest absolute Gasteiger partial charge is 0.393 e. The third-order valence-corrected chi connectivity index (χ3v) is 2.40. The average molecular weight is 220 g/mol. The zero-order chi connectivity index (χ0) is 11.5. The van der Waals surface area contributed by atoms with E-state index < -0.39 is 4.92 Å². The van der Waals surface area contributed by atoms with Crippen LogP contribution in [0.4, 0.5) is 11.4 Å². The monoisotopic (exact) mass is 220 g/mol. The third kappa shape index (κ3) is 1.95. The molecule has 3 N–H and O–H groups in total. The van der Waals surface area contributed by atoms with Crippen LogP contribution in [0.15, 0.2) is 23.2 Å². The van der Waals surface area contributed by atoms with Crippen LogP contribution in [0.25, 0.3) is 0 Å². The fraction of sp³-hybridized carbons (Fsp3) is 0.300. The second kappa shape index (κ2) is 4.18. The van der Waals surface area contributed by atoms with Crippen LogP contribution in [0.5, 0.6) is 0 Å². The molecule has 1 aromatic carbocycles. The second-order valence-corrected chi connectivity index (χ2v) is 3.54. The minimum atomic E-state index is -0.484. The fourth-order valence-corrected chi connectivity index (χ4v) is 1.58. The van der Waals surface area contributed by atoms with Crippen LogP contribution in [-0.2, 0) is 0 Å². The predicted octanol–water partition coefficient (Wildman–Crippen LogP) is 0.917. The Morgan fingerprint density at radius 3 is 2.94 bits per heavy atom. The number of nitrogens with one attached hydrogen (secondary N) is 1. The zero-order valence-electron chi connectivity index (χ0n) is 8.64. The van der Waals surface area contributed by atoms with Gasteiger partial charge in [0.25, 0.3) is 5.69 Å². The van der Waals surface area contributed by atoms with Crippen LogP contribution in [0.3, 0.4) is 0 Å². The Balaban J connectivity index is 2.39. The predicted molar refractivity (Wildman–Crippen MR) is 61.5 cm³/mol. The van der Waals surface area contributed by atoms with Crippen molar-refractivity contribution in [2.24, 2.45) is 4.99 Å². The first-order valence-electron chi connectivity index (χ1n) is 5.01. The van der Waals surface area contributed by atoms with E-state index in [1.165, 1.54) is 12.1 Å². The number of benzene rings is 1. The Labute approximate surface area is 92.3 Å². The number of amidine groups is 1. The van der Waals surface area contributed by atoms with E-state index in [2.05, 4.69) is 10.3 Å². The van der Waals surface area contributed by atoms with Crippen molar-refractivity contribution in [3.05, 3.63) is 33.9 Å². The van der Waals surface area contributed by atoms with E-state index in [0.717, 1.165) is 19.5 Å². The number of aliphatic imine (C=N–C) groups is 1. The van der Waals surface area contributed by atoms with Crippen molar-refractivity contribution in [2.45, 2.75) is 6.42 Å². The Morgan fingerprint density at radius 2 is 2.31 bits per heavy atom. The molecule has 0 fully saturated rings. The summed E-state index contributed by atoms with van der Waals surface area (Å²) < 4.78 is 0. The number of hydrogen-bond acceptors (Lipinski definition) is 5. The topological polar surface area (TPSA) is 93.5 Å². The molecule has 2 rings (SSSR count). The van der Waals surface area contributed by atoms with Crippen molar-refractivity contribution in [1.82, 2.24) is 5.32 Å². The summed E-state index contributed by atoms with van der Waals surface area (Å²) in [4.78, 5) is 14.5. The first-order chi connectivity index (χ1) is 7.68. The summed E-state index contributed by atoms with van der Waals surface area (Å²) in [5.74, 6) is 0.703. The molecule has 84 valence electrons. The lowest BCUT2D eigenvalue weighted by Gasteiger charge is -2.14. The van der Waals surface area contributed by atoms with Gasteiger partial charge in [-0.05, 0) is 18.6 Å². The van der Waals surface area contributed by atoms with Crippen molar-refractivity contribution in [3.63, 3.8) is 0 Å². The summed E-state index contributed by atoms with van der Waals surface area (Å²) >= 11 is 0. The van der Waals surface area contributed by atoms with Gasteiger partial charge >= 0.3 is 0 Å². The molecule has 0 atom stereocenters. The minimum Gasteiger partial charge on any atom is -0.393 e. The SMILES string of the molecule is Nc1ccc(C2=NCCCN2)cc1[N+](=O)[O-]. The Kier molecular flexibility index (Phi) is 2.72. The lowest BCUT2D eigenvalue weighted by Crippen LogP contribution is -2.30. The molecule has 1 heterocycles. The Morgan fingerprint density at radius 1 is 1.50 bits per heavy atom. The van der Waals surface area contributed by atoms with Gasteiger partial charge in [-0.2, -0.15) is 0 Å². The highest BCUT2D eigenvalue weighted by atomic mass is 16.6. The summed E-state index contributed by atoms with van der Waals surface area (Å²) in [6.07, 6.45) is 0.987. The van der Waals surface area contributed by atoms with Gasteiger partial charge in [-0.25, -0.2) is 0 Å². The quantitative estimate of drug-likeness (QED) is 0.440. The number of anilines is 1. The minimum absolute atomic E-state index is 0.0763. The number of nitrogens with two attached hydrogens (primary N) is 1. The number of rotatable bonds is 2. The van der Waals surface area contributed by atoms with Crippen LogP contribution < -0.4 is 11.1 Å². The fourth-order valence-electron chi connectivity index (χ4n) is 1.58. The lowest BCUT2D eigenvalue weighted by atomic mass is 10.1. The molecule has 6 heteroatoms. The smallest absolute Gasteiger partial charge is 0.292 e. The van der Waals surface area contributed by atoms with Gasteiger partial charge in [0, 0.05) is 24.7 Å². The maximum atomic E-state index is 10.7. The van der Waals surface area contributed by atoms with Gasteiger partial charge < -0.3 is 11.1 Å². The van der Waals surface area contributed by atoms with Gasteiger partial charge in [0.2, 0.25) is 0 Å². The number of nitrogens with zero attached hydrogens (tertiary/aromatic N) is 2. The molecule has 0 saturated carbocycles. The van der Waals surface area contributed by atoms with Crippen LogP contribution >= 0.6 is 0 Å². The van der Waals surface area contributed by atoms with Crippen molar-refractivity contribution in [2.75, 3.05) is 18.8 Å². The molecule has 6 nitrogen and oxygen atoms in total. The van der Waals surface area contributed by atoms with Gasteiger partial charge in [0.05, 0.1) is 4.92 Å². The molecule has 0 amide bonds. The molecule has 16 heavy (non-hydrogen) atoms. The molecule has 1 aliphatic heterocycles. The second-order valence-electron chi connectivity index (χ2n) is 3.54. The molecular weight excluding hydrogens is 208 g/mol. The molecule has 0 unspecified atom stereocenters. The van der Waals surface area contributed by atoms with E-state index in [1.807, 2.05) is 0 Å². The van der Waals surface area contributed by atoms with Crippen molar-refractivity contribution >= 4 is 17.2 Å². The van der Waals surface area contributed by atoms with E-state index >= 15 is 0 Å². The van der Waals surface area contributed by atoms with Gasteiger partial charge in [-0.15, -0.1) is 0 Å². The summed E-state index contributed by atoms with van der Waals surface area (Å²) in [7, 11) is 0. The molecular formula is C10H12N4O2. The summed E-state index contributed by atoms with van der Waals surface area (Å²) in [6.45, 7) is 1.59. The molecule has 0 aliphatic carbocycles. The Bertz CT molecular complexity index is 456. The van der Waals surface area contributed by atoms with Crippen LogP contribution in [0, 0.1) is 10.1 Å². The summed E-state index contributed by atoms with van der Waals surface area (Å²) in [5.41, 5.74) is 6.32. The van der Waals surface area contributed by atoms with E-state index in [-0.39, 0.29) is 11.4 Å². The van der Waals surface area contributed by atoms with E-state index in [0.29, 0.717) is 11.4 Å². The summed E-state index contributed by atoms with van der Waals surface area (Å²) in [6, 6.07) is 4.72.